The smallest absolute Gasteiger partial charge is 0.238 e. The van der Waals surface area contributed by atoms with E-state index < -0.39 is 0 Å². The minimum absolute atomic E-state index is 0.330. The molecule has 0 radical (unpaired) electrons. The van der Waals surface area contributed by atoms with Gasteiger partial charge in [0.1, 0.15) is 5.75 Å². The topological polar surface area (TPSA) is 47.0 Å². The molecular formula is C12H9BrCl3N3O. The average molecular weight is 397 g/mol. The van der Waals surface area contributed by atoms with Crippen molar-refractivity contribution in [2.75, 3.05) is 11.9 Å². The summed E-state index contributed by atoms with van der Waals surface area (Å²) in [6.45, 7) is 2.65. The van der Waals surface area contributed by atoms with Gasteiger partial charge in [-0.15, -0.1) is 0 Å². The Bertz CT molecular complexity index is 640. The maximum atomic E-state index is 6.06. The lowest BCUT2D eigenvalue weighted by Crippen LogP contribution is -2.03. The van der Waals surface area contributed by atoms with Crippen LogP contribution in [0.2, 0.25) is 15.1 Å². The van der Waals surface area contributed by atoms with E-state index in [0.717, 1.165) is 0 Å². The van der Waals surface area contributed by atoms with Gasteiger partial charge in [0, 0.05) is 12.6 Å². The molecule has 2 aromatic rings. The second-order valence-corrected chi connectivity index (χ2v) is 5.75. The van der Waals surface area contributed by atoms with Gasteiger partial charge >= 0.3 is 0 Å². The van der Waals surface area contributed by atoms with Gasteiger partial charge in [-0.2, -0.15) is 4.98 Å². The Labute approximate surface area is 139 Å². The van der Waals surface area contributed by atoms with Crippen LogP contribution in [0, 0.1) is 0 Å². The van der Waals surface area contributed by atoms with Crippen molar-refractivity contribution in [3.8, 4) is 11.6 Å². The average Bonchev–Trinajstić information content (AvgIpc) is 2.40. The molecular weight excluding hydrogens is 388 g/mol. The molecule has 0 aliphatic heterocycles. The first-order chi connectivity index (χ1) is 9.51. The molecule has 0 saturated heterocycles. The molecule has 0 fully saturated rings. The van der Waals surface area contributed by atoms with Crippen molar-refractivity contribution in [1.82, 2.24) is 9.97 Å². The van der Waals surface area contributed by atoms with Crippen LogP contribution < -0.4 is 10.1 Å². The number of benzene rings is 1. The summed E-state index contributed by atoms with van der Waals surface area (Å²) in [5, 5.41) is 4.05. The highest BCUT2D eigenvalue weighted by Crippen LogP contribution is 2.37. The van der Waals surface area contributed by atoms with Crippen molar-refractivity contribution in [2.24, 2.45) is 0 Å². The molecule has 0 aliphatic rings. The fourth-order valence-electron chi connectivity index (χ4n) is 1.35. The molecule has 1 aromatic carbocycles. The van der Waals surface area contributed by atoms with E-state index in [1.54, 1.807) is 6.20 Å². The summed E-state index contributed by atoms with van der Waals surface area (Å²) in [6.07, 6.45) is 1.59. The molecule has 0 atom stereocenters. The molecule has 0 unspecified atom stereocenters. The van der Waals surface area contributed by atoms with Gasteiger partial charge in [0.2, 0.25) is 11.8 Å². The summed E-state index contributed by atoms with van der Waals surface area (Å²) in [5.41, 5.74) is 0. The minimum Gasteiger partial charge on any atom is -0.436 e. The fourth-order valence-corrected chi connectivity index (χ4v) is 2.20. The number of nitrogens with one attached hydrogen (secondary N) is 1. The Morgan fingerprint density at radius 1 is 1.20 bits per heavy atom. The largest absolute Gasteiger partial charge is 0.436 e. The summed E-state index contributed by atoms with van der Waals surface area (Å²) in [7, 11) is 0. The van der Waals surface area contributed by atoms with E-state index in [1.165, 1.54) is 12.1 Å². The molecule has 106 valence electrons. The molecule has 2 rings (SSSR count). The number of hydrogen-bond donors (Lipinski definition) is 1. The van der Waals surface area contributed by atoms with Crippen LogP contribution in [-0.2, 0) is 0 Å². The van der Waals surface area contributed by atoms with Crippen molar-refractivity contribution in [3.63, 3.8) is 0 Å². The molecule has 20 heavy (non-hydrogen) atoms. The van der Waals surface area contributed by atoms with Crippen LogP contribution in [0.1, 0.15) is 6.92 Å². The first-order valence-corrected chi connectivity index (χ1v) is 7.52. The number of rotatable bonds is 4. The summed E-state index contributed by atoms with van der Waals surface area (Å²) in [6, 6.07) is 3.05. The predicted molar refractivity (Wildman–Crippen MR) is 85.4 cm³/mol. The van der Waals surface area contributed by atoms with Crippen LogP contribution in [-0.4, -0.2) is 16.5 Å². The quantitative estimate of drug-likeness (QED) is 0.700. The lowest BCUT2D eigenvalue weighted by molar-refractivity contribution is 0.459. The zero-order valence-electron chi connectivity index (χ0n) is 10.3. The lowest BCUT2D eigenvalue weighted by Gasteiger charge is -2.10. The summed E-state index contributed by atoms with van der Waals surface area (Å²) < 4.78 is 6.25. The number of ether oxygens (including phenoxy) is 1. The number of hydrogen-bond acceptors (Lipinski definition) is 4. The second-order valence-electron chi connectivity index (χ2n) is 3.68. The number of nitrogens with zero attached hydrogens (tertiary/aromatic N) is 2. The van der Waals surface area contributed by atoms with E-state index in [-0.39, 0.29) is 0 Å². The third-order valence-electron chi connectivity index (χ3n) is 2.23. The minimum atomic E-state index is 0.330. The SMILES string of the molecule is CCNc1ncc(Br)c(Oc2cc(Cl)c(Cl)cc2Cl)n1. The van der Waals surface area contributed by atoms with Gasteiger partial charge in [-0.1, -0.05) is 34.8 Å². The van der Waals surface area contributed by atoms with Crippen molar-refractivity contribution < 1.29 is 4.74 Å². The summed E-state index contributed by atoms with van der Waals surface area (Å²) >= 11 is 21.2. The first-order valence-electron chi connectivity index (χ1n) is 5.60. The maximum absolute atomic E-state index is 6.06. The van der Waals surface area contributed by atoms with Gasteiger partial charge in [-0.3, -0.25) is 0 Å². The van der Waals surface area contributed by atoms with E-state index in [0.29, 0.717) is 43.7 Å². The zero-order valence-corrected chi connectivity index (χ0v) is 14.1. The van der Waals surface area contributed by atoms with Crippen molar-refractivity contribution in [2.45, 2.75) is 6.92 Å². The van der Waals surface area contributed by atoms with Crippen LogP contribution >= 0.6 is 50.7 Å². The first kappa shape index (κ1) is 15.6. The molecule has 4 nitrogen and oxygen atoms in total. The number of aromatic nitrogens is 2. The molecule has 1 heterocycles. The van der Waals surface area contributed by atoms with Gasteiger partial charge < -0.3 is 10.1 Å². The highest BCUT2D eigenvalue weighted by atomic mass is 79.9. The van der Waals surface area contributed by atoms with Crippen LogP contribution in [0.25, 0.3) is 0 Å². The second kappa shape index (κ2) is 6.80. The van der Waals surface area contributed by atoms with Gasteiger partial charge in [0.25, 0.3) is 0 Å². The van der Waals surface area contributed by atoms with Crippen LogP contribution in [0.4, 0.5) is 5.95 Å². The van der Waals surface area contributed by atoms with Crippen LogP contribution in [0.15, 0.2) is 22.8 Å². The van der Waals surface area contributed by atoms with Crippen LogP contribution in [0.5, 0.6) is 11.6 Å². The normalized spacial score (nSPS) is 10.4. The van der Waals surface area contributed by atoms with Crippen molar-refractivity contribution >= 4 is 56.7 Å². The molecule has 1 aromatic heterocycles. The fraction of sp³-hybridized carbons (Fsp3) is 0.167. The van der Waals surface area contributed by atoms with E-state index >= 15 is 0 Å². The Hall–Kier alpha value is -0.750. The predicted octanol–water partition coefficient (Wildman–Crippen LogP) is 5.42. The Kier molecular flexibility index (Phi) is 5.32. The van der Waals surface area contributed by atoms with Crippen LogP contribution in [0.3, 0.4) is 0 Å². The van der Waals surface area contributed by atoms with E-state index in [9.17, 15) is 0 Å². The molecule has 0 aliphatic carbocycles. The van der Waals surface area contributed by atoms with E-state index in [4.69, 9.17) is 39.5 Å². The van der Waals surface area contributed by atoms with E-state index in [1.807, 2.05) is 6.92 Å². The Balaban J connectivity index is 2.34. The number of halogens is 4. The monoisotopic (exact) mass is 395 g/mol. The van der Waals surface area contributed by atoms with Gasteiger partial charge in [0.15, 0.2) is 0 Å². The number of anilines is 1. The van der Waals surface area contributed by atoms with E-state index in [2.05, 4.69) is 31.2 Å². The van der Waals surface area contributed by atoms with Crippen molar-refractivity contribution in [1.29, 1.82) is 0 Å². The Morgan fingerprint density at radius 3 is 2.60 bits per heavy atom. The zero-order chi connectivity index (χ0) is 14.7. The Morgan fingerprint density at radius 2 is 1.90 bits per heavy atom. The molecule has 8 heteroatoms. The summed E-state index contributed by atoms with van der Waals surface area (Å²) in [5.74, 6) is 1.15. The highest BCUT2D eigenvalue weighted by Gasteiger charge is 2.12. The molecule has 0 spiro atoms. The third kappa shape index (κ3) is 3.67. The van der Waals surface area contributed by atoms with Gasteiger partial charge in [-0.05, 0) is 28.9 Å². The molecule has 0 saturated carbocycles. The summed E-state index contributed by atoms with van der Waals surface area (Å²) in [4.78, 5) is 8.32. The standard InChI is InChI=1S/C12H9BrCl3N3O/c1-2-17-12-18-5-6(13)11(19-12)20-10-4-8(15)7(14)3-9(10)16/h3-5H,2H2,1H3,(H,17,18,19). The third-order valence-corrected chi connectivity index (χ3v) is 3.79. The molecule has 0 amide bonds. The maximum Gasteiger partial charge on any atom is 0.238 e. The van der Waals surface area contributed by atoms with Crippen molar-refractivity contribution in [3.05, 3.63) is 37.9 Å². The molecule has 0 bridgehead atoms. The highest BCUT2D eigenvalue weighted by molar-refractivity contribution is 9.10. The lowest BCUT2D eigenvalue weighted by atomic mass is 10.3. The van der Waals surface area contributed by atoms with Gasteiger partial charge in [0.05, 0.1) is 25.7 Å². The van der Waals surface area contributed by atoms with Gasteiger partial charge in [-0.25, -0.2) is 4.98 Å². The molecule has 1 N–H and O–H groups in total.